The highest BCUT2D eigenvalue weighted by Crippen LogP contribution is 2.60. The molecule has 1 N–H and O–H groups in total. The van der Waals surface area contributed by atoms with Gasteiger partial charge in [-0.25, -0.2) is 0 Å². The van der Waals surface area contributed by atoms with E-state index in [9.17, 15) is 14.7 Å². The van der Waals surface area contributed by atoms with Gasteiger partial charge in [0.05, 0.1) is 18.1 Å². The molecule has 0 aliphatic heterocycles. The van der Waals surface area contributed by atoms with Crippen molar-refractivity contribution in [2.24, 2.45) is 0 Å². The quantitative estimate of drug-likeness (QED) is 0.255. The first-order chi connectivity index (χ1) is 14.4. The monoisotopic (exact) mass is 435 g/mol. The third-order valence-corrected chi connectivity index (χ3v) is 6.95. The Labute approximate surface area is 177 Å². The van der Waals surface area contributed by atoms with Gasteiger partial charge in [-0.3, -0.25) is 14.7 Å². The van der Waals surface area contributed by atoms with Crippen LogP contribution in [0.25, 0.3) is 0 Å². The Kier molecular flexibility index (Phi) is 8.84. The lowest BCUT2D eigenvalue weighted by Gasteiger charge is -2.29. The summed E-state index contributed by atoms with van der Waals surface area (Å²) in [6, 6.07) is 13.7. The van der Waals surface area contributed by atoms with Gasteiger partial charge in [0.2, 0.25) is 0 Å². The summed E-state index contributed by atoms with van der Waals surface area (Å²) < 4.78 is 24.8. The molecule has 0 aliphatic carbocycles. The minimum absolute atomic E-state index is 0.0153. The number of anilines is 2. The van der Waals surface area contributed by atoms with E-state index in [1.165, 1.54) is 12.1 Å². The number of nitro benzene ring substituents is 1. The molecule has 2 rings (SSSR count). The van der Waals surface area contributed by atoms with E-state index in [1.54, 1.807) is 26.0 Å². The second-order valence-corrected chi connectivity index (χ2v) is 8.60. The molecule has 2 aromatic rings. The van der Waals surface area contributed by atoms with Gasteiger partial charge in [-0.1, -0.05) is 12.1 Å². The summed E-state index contributed by atoms with van der Waals surface area (Å²) in [7, 11) is -3.56. The number of nitrogens with zero attached hydrogens (tertiary/aromatic N) is 2. The Morgan fingerprint density at radius 3 is 1.93 bits per heavy atom. The van der Waals surface area contributed by atoms with Crippen molar-refractivity contribution in [3.8, 4) is 0 Å². The molecule has 0 radical (unpaired) electrons. The van der Waals surface area contributed by atoms with Crippen LogP contribution in [0.2, 0.25) is 0 Å². The molecule has 0 aromatic heterocycles. The smallest absolute Gasteiger partial charge is 0.357 e. The second-order valence-electron chi connectivity index (χ2n) is 6.49. The van der Waals surface area contributed by atoms with Crippen LogP contribution in [-0.2, 0) is 13.6 Å². The Balaban J connectivity index is 2.42. The topological polar surface area (TPSA) is 93.9 Å². The van der Waals surface area contributed by atoms with E-state index in [0.29, 0.717) is 5.69 Å². The van der Waals surface area contributed by atoms with Gasteiger partial charge in [-0.15, -0.1) is 0 Å². The number of rotatable bonds is 12. The average Bonchev–Trinajstić information content (AvgIpc) is 2.74. The number of nitrogens with one attached hydrogen (secondary N) is 1. The van der Waals surface area contributed by atoms with E-state index in [2.05, 4.69) is 24.1 Å². The van der Waals surface area contributed by atoms with Gasteiger partial charge in [0.15, 0.2) is 5.78 Å². The average molecular weight is 435 g/mol. The van der Waals surface area contributed by atoms with Gasteiger partial charge in [0.25, 0.3) is 5.69 Å². The van der Waals surface area contributed by atoms with Crippen LogP contribution in [0.4, 0.5) is 17.1 Å². The van der Waals surface area contributed by atoms with Crippen molar-refractivity contribution in [2.75, 3.05) is 36.5 Å². The van der Waals surface area contributed by atoms with Crippen LogP contribution in [0, 0.1) is 10.1 Å². The Morgan fingerprint density at radius 1 is 0.967 bits per heavy atom. The van der Waals surface area contributed by atoms with Crippen molar-refractivity contribution in [3.63, 3.8) is 0 Å². The van der Waals surface area contributed by atoms with Crippen LogP contribution < -0.4 is 10.2 Å². The highest BCUT2D eigenvalue weighted by Gasteiger charge is 2.37. The van der Waals surface area contributed by atoms with E-state index in [1.807, 2.05) is 24.3 Å². The fraction of sp³-hybridized carbons (Fsp3) is 0.429. The van der Waals surface area contributed by atoms with Crippen molar-refractivity contribution < 1.29 is 18.5 Å². The number of nitro groups is 1. The summed E-state index contributed by atoms with van der Waals surface area (Å²) in [4.78, 5) is 12.7. The van der Waals surface area contributed by atoms with Gasteiger partial charge < -0.3 is 19.3 Å². The highest BCUT2D eigenvalue weighted by atomic mass is 31.2. The third kappa shape index (κ3) is 5.81. The van der Waals surface area contributed by atoms with E-state index < -0.39 is 18.3 Å². The molecule has 1 unspecified atom stereocenters. The van der Waals surface area contributed by atoms with Crippen LogP contribution in [-0.4, -0.2) is 31.2 Å². The lowest BCUT2D eigenvalue weighted by Crippen LogP contribution is -2.22. The highest BCUT2D eigenvalue weighted by molar-refractivity contribution is 7.54. The summed E-state index contributed by atoms with van der Waals surface area (Å²) >= 11 is 0. The largest absolute Gasteiger partial charge is 0.372 e. The zero-order valence-corrected chi connectivity index (χ0v) is 18.8. The maximum atomic E-state index is 13.6. The van der Waals surface area contributed by atoms with Crippen LogP contribution >= 0.6 is 7.60 Å². The minimum atomic E-state index is -3.56. The molecule has 2 aromatic carbocycles. The molecule has 0 saturated carbocycles. The number of hydrogen-bond donors (Lipinski definition) is 1. The Morgan fingerprint density at radius 2 is 1.50 bits per heavy atom. The van der Waals surface area contributed by atoms with E-state index in [4.69, 9.17) is 9.05 Å². The normalized spacial score (nSPS) is 12.4. The summed E-state index contributed by atoms with van der Waals surface area (Å²) in [5.41, 5.74) is 2.38. The summed E-state index contributed by atoms with van der Waals surface area (Å²) in [5, 5.41) is 14.1. The Bertz CT molecular complexity index is 844. The SMILES string of the molecule is CCOP(=O)(OCC)C(Nc1ccc([N+](=O)[O-])cc1)c1ccc(N(CC)CC)cc1. The van der Waals surface area contributed by atoms with Crippen LogP contribution in [0.15, 0.2) is 48.5 Å². The van der Waals surface area contributed by atoms with Gasteiger partial charge in [0.1, 0.15) is 0 Å². The number of hydrogen-bond acceptors (Lipinski definition) is 7. The first kappa shape index (κ1) is 23.9. The fourth-order valence-corrected chi connectivity index (χ4v) is 5.12. The first-order valence-corrected chi connectivity index (χ1v) is 11.7. The number of non-ortho nitro benzene ring substituents is 1. The maximum Gasteiger partial charge on any atom is 0.357 e. The summed E-state index contributed by atoms with van der Waals surface area (Å²) in [6.45, 7) is 9.94. The lowest BCUT2D eigenvalue weighted by atomic mass is 10.1. The van der Waals surface area contributed by atoms with Crippen molar-refractivity contribution in [3.05, 3.63) is 64.2 Å². The summed E-state index contributed by atoms with van der Waals surface area (Å²) in [5.74, 6) is -0.760. The molecule has 8 nitrogen and oxygen atoms in total. The van der Waals surface area contributed by atoms with Gasteiger partial charge in [-0.2, -0.15) is 0 Å². The van der Waals surface area contributed by atoms with Crippen molar-refractivity contribution in [1.82, 2.24) is 0 Å². The van der Waals surface area contributed by atoms with E-state index in [0.717, 1.165) is 24.3 Å². The lowest BCUT2D eigenvalue weighted by molar-refractivity contribution is -0.384. The molecule has 0 spiro atoms. The Hall–Kier alpha value is -2.41. The third-order valence-electron chi connectivity index (χ3n) is 4.65. The number of benzene rings is 2. The zero-order valence-electron chi connectivity index (χ0n) is 17.9. The zero-order chi connectivity index (χ0) is 22.1. The molecule has 1 atom stereocenters. The molecule has 0 saturated heterocycles. The van der Waals surface area contributed by atoms with Crippen LogP contribution in [0.1, 0.15) is 39.0 Å². The van der Waals surface area contributed by atoms with Crippen LogP contribution in [0.3, 0.4) is 0 Å². The summed E-state index contributed by atoms with van der Waals surface area (Å²) in [6.07, 6.45) is 0. The van der Waals surface area contributed by atoms with Crippen molar-refractivity contribution in [2.45, 2.75) is 33.5 Å². The molecular formula is C21H30N3O5P. The minimum Gasteiger partial charge on any atom is -0.372 e. The fourth-order valence-electron chi connectivity index (χ4n) is 3.18. The molecular weight excluding hydrogens is 405 g/mol. The predicted molar refractivity (Wildman–Crippen MR) is 120 cm³/mol. The van der Waals surface area contributed by atoms with E-state index >= 15 is 0 Å². The van der Waals surface area contributed by atoms with Gasteiger partial charge >= 0.3 is 7.60 Å². The predicted octanol–water partition coefficient (Wildman–Crippen LogP) is 5.82. The maximum absolute atomic E-state index is 13.6. The standard InChI is InChI=1S/C21H30N3O5P/c1-5-23(6-2)19-13-9-17(10-14-19)21(30(27,28-7-3)29-8-4)22-18-11-15-20(16-12-18)24(25)26/h9-16,21-22H,5-8H2,1-4H3. The molecule has 30 heavy (non-hydrogen) atoms. The molecule has 164 valence electrons. The molecule has 9 heteroatoms. The van der Waals surface area contributed by atoms with Gasteiger partial charge in [0, 0.05) is 36.6 Å². The van der Waals surface area contributed by atoms with Gasteiger partial charge in [-0.05, 0) is 57.5 Å². The molecule has 0 fully saturated rings. The first-order valence-electron chi connectivity index (χ1n) is 10.1. The second kappa shape index (κ2) is 11.1. The molecule has 0 aliphatic rings. The molecule has 0 heterocycles. The van der Waals surface area contributed by atoms with Crippen molar-refractivity contribution >= 4 is 24.7 Å². The van der Waals surface area contributed by atoms with Crippen LogP contribution in [0.5, 0.6) is 0 Å². The molecule has 0 bridgehead atoms. The molecule has 0 amide bonds. The van der Waals surface area contributed by atoms with Crippen molar-refractivity contribution in [1.29, 1.82) is 0 Å². The van der Waals surface area contributed by atoms with E-state index in [-0.39, 0.29) is 18.9 Å².